The maximum Gasteiger partial charge on any atom is 0.416 e. The summed E-state index contributed by atoms with van der Waals surface area (Å²) in [6.07, 6.45) is 0.167. The van der Waals surface area contributed by atoms with Gasteiger partial charge in [0.15, 0.2) is 0 Å². The number of carbonyl (C=O) groups excluding carboxylic acids is 1. The highest BCUT2D eigenvalue weighted by molar-refractivity contribution is 5.94. The van der Waals surface area contributed by atoms with Crippen LogP contribution in [0, 0.1) is 6.92 Å². The molecule has 1 amide bonds. The lowest BCUT2D eigenvalue weighted by atomic mass is 9.96. The maximum absolute atomic E-state index is 13.4. The summed E-state index contributed by atoms with van der Waals surface area (Å²) in [6.45, 7) is 5.38. The fourth-order valence-corrected chi connectivity index (χ4v) is 5.72. The Bertz CT molecular complexity index is 1150. The molecule has 0 aliphatic carbocycles. The molecule has 206 valence electrons. The number of anilines is 1. The molecule has 2 unspecified atom stereocenters. The number of halogens is 3. The number of rotatable bonds is 5. The molecule has 0 saturated carbocycles. The van der Waals surface area contributed by atoms with E-state index in [4.69, 9.17) is 9.47 Å². The minimum atomic E-state index is -4.35. The van der Waals surface area contributed by atoms with Crippen molar-refractivity contribution in [2.75, 3.05) is 44.9 Å². The van der Waals surface area contributed by atoms with Crippen molar-refractivity contribution in [1.29, 1.82) is 0 Å². The summed E-state index contributed by atoms with van der Waals surface area (Å²) in [4.78, 5) is 26.1. The smallest absolute Gasteiger partial charge is 0.379 e. The molecule has 2 atom stereocenters. The first-order valence-corrected chi connectivity index (χ1v) is 13.2. The van der Waals surface area contributed by atoms with Gasteiger partial charge in [-0.1, -0.05) is 6.07 Å². The first-order valence-electron chi connectivity index (χ1n) is 13.2. The normalized spacial score (nSPS) is 22.9. The van der Waals surface area contributed by atoms with Crippen molar-refractivity contribution >= 4 is 11.7 Å². The molecule has 8 nitrogen and oxygen atoms in total. The first kappa shape index (κ1) is 26.8. The summed E-state index contributed by atoms with van der Waals surface area (Å²) in [7, 11) is 1.71. The van der Waals surface area contributed by atoms with Crippen LogP contribution in [0.4, 0.5) is 19.0 Å². The van der Waals surface area contributed by atoms with Crippen molar-refractivity contribution in [3.8, 4) is 0 Å². The largest absolute Gasteiger partial charge is 0.416 e. The van der Waals surface area contributed by atoms with E-state index >= 15 is 0 Å². The van der Waals surface area contributed by atoms with E-state index in [2.05, 4.69) is 15.3 Å². The molecule has 0 spiro atoms. The van der Waals surface area contributed by atoms with Crippen molar-refractivity contribution in [2.24, 2.45) is 0 Å². The van der Waals surface area contributed by atoms with Crippen molar-refractivity contribution in [3.63, 3.8) is 0 Å². The van der Waals surface area contributed by atoms with E-state index in [1.54, 1.807) is 13.2 Å². The Kier molecular flexibility index (Phi) is 7.88. The van der Waals surface area contributed by atoms with Crippen LogP contribution in [-0.2, 0) is 28.6 Å². The van der Waals surface area contributed by atoms with Gasteiger partial charge in [-0.15, -0.1) is 0 Å². The second-order valence-corrected chi connectivity index (χ2v) is 10.3. The Labute approximate surface area is 220 Å². The van der Waals surface area contributed by atoms with Crippen LogP contribution in [0.5, 0.6) is 0 Å². The molecule has 0 radical (unpaired) electrons. The number of aromatic nitrogens is 2. The van der Waals surface area contributed by atoms with Crippen molar-refractivity contribution in [3.05, 3.63) is 52.5 Å². The van der Waals surface area contributed by atoms with E-state index in [1.807, 2.05) is 16.7 Å². The predicted molar refractivity (Wildman–Crippen MR) is 135 cm³/mol. The second kappa shape index (κ2) is 11.2. The molecule has 5 rings (SSSR count). The third kappa shape index (κ3) is 5.64. The van der Waals surface area contributed by atoms with E-state index in [1.165, 1.54) is 12.4 Å². The van der Waals surface area contributed by atoms with Gasteiger partial charge >= 0.3 is 6.18 Å². The molecule has 3 aliphatic heterocycles. The van der Waals surface area contributed by atoms with Gasteiger partial charge in [0.1, 0.15) is 17.8 Å². The number of methoxy groups -OCH3 is 1. The Balaban J connectivity index is 1.23. The second-order valence-electron chi connectivity index (χ2n) is 10.3. The summed E-state index contributed by atoms with van der Waals surface area (Å²) in [6, 6.07) is 4.47. The van der Waals surface area contributed by atoms with Crippen LogP contribution in [0.25, 0.3) is 0 Å². The van der Waals surface area contributed by atoms with Gasteiger partial charge in [-0.3, -0.25) is 4.79 Å². The number of benzene rings is 1. The van der Waals surface area contributed by atoms with Gasteiger partial charge in [0.25, 0.3) is 5.91 Å². The number of likely N-dealkylation sites (tertiary alicyclic amines) is 1. The standard InChI is InChI=1S/C27H34F3N5O3/c1-17-24(26(36)34-10-6-21(7-11-34)33-22-8-12-38-15-23(22)37-2)31-16-32-25(17)35-9-5-18-13-20(27(28,29)30)4-3-19(18)14-35/h3-4,13,16,21-23,33H,5-12,14-15H2,1-2H3. The molecule has 11 heteroatoms. The van der Waals surface area contributed by atoms with Crippen molar-refractivity contribution in [1.82, 2.24) is 20.2 Å². The number of alkyl halides is 3. The molecule has 1 aromatic carbocycles. The zero-order valence-electron chi connectivity index (χ0n) is 21.8. The van der Waals surface area contributed by atoms with E-state index < -0.39 is 11.7 Å². The highest BCUT2D eigenvalue weighted by Crippen LogP contribution is 2.33. The quantitative estimate of drug-likeness (QED) is 0.632. The third-order valence-electron chi connectivity index (χ3n) is 7.94. The Morgan fingerprint density at radius 2 is 1.92 bits per heavy atom. The zero-order valence-corrected chi connectivity index (χ0v) is 21.8. The number of carbonyl (C=O) groups is 1. The number of nitrogens with zero attached hydrogens (tertiary/aromatic N) is 4. The fraction of sp³-hybridized carbons (Fsp3) is 0.593. The van der Waals surface area contributed by atoms with Gasteiger partial charge < -0.3 is 24.6 Å². The molecule has 3 aliphatic rings. The highest BCUT2D eigenvalue weighted by Gasteiger charge is 2.33. The van der Waals surface area contributed by atoms with E-state index in [0.717, 1.165) is 37.5 Å². The van der Waals surface area contributed by atoms with Gasteiger partial charge in [0, 0.05) is 57.5 Å². The van der Waals surface area contributed by atoms with Crippen LogP contribution < -0.4 is 10.2 Å². The minimum Gasteiger partial charge on any atom is -0.379 e. The average molecular weight is 534 g/mol. The van der Waals surface area contributed by atoms with Crippen LogP contribution in [0.2, 0.25) is 0 Å². The summed E-state index contributed by atoms with van der Waals surface area (Å²) >= 11 is 0. The number of fused-ring (bicyclic) bond motifs is 1. The molecular formula is C27H34F3N5O3. The number of piperidine rings is 1. The first-order chi connectivity index (χ1) is 18.2. The molecule has 38 heavy (non-hydrogen) atoms. The van der Waals surface area contributed by atoms with Crippen LogP contribution in [-0.4, -0.2) is 78.9 Å². The van der Waals surface area contributed by atoms with Gasteiger partial charge in [-0.25, -0.2) is 9.97 Å². The van der Waals surface area contributed by atoms with Crippen LogP contribution >= 0.6 is 0 Å². The molecule has 2 aromatic rings. The lowest BCUT2D eigenvalue weighted by molar-refractivity contribution is -0.137. The van der Waals surface area contributed by atoms with E-state index in [0.29, 0.717) is 67.9 Å². The predicted octanol–water partition coefficient (Wildman–Crippen LogP) is 3.36. The van der Waals surface area contributed by atoms with Crippen molar-refractivity contribution < 1.29 is 27.4 Å². The van der Waals surface area contributed by atoms with Gasteiger partial charge in [-0.05, 0) is 55.9 Å². The lowest BCUT2D eigenvalue weighted by Gasteiger charge is -2.38. The number of amides is 1. The Morgan fingerprint density at radius 1 is 1.13 bits per heavy atom. The molecular weight excluding hydrogens is 499 g/mol. The minimum absolute atomic E-state index is 0.0407. The summed E-state index contributed by atoms with van der Waals surface area (Å²) in [5.41, 5.74) is 1.99. The van der Waals surface area contributed by atoms with E-state index in [9.17, 15) is 18.0 Å². The Morgan fingerprint density at radius 3 is 2.66 bits per heavy atom. The number of hydrogen-bond acceptors (Lipinski definition) is 7. The number of nitrogens with one attached hydrogen (secondary N) is 1. The fourth-order valence-electron chi connectivity index (χ4n) is 5.72. The van der Waals surface area contributed by atoms with Crippen molar-refractivity contribution in [2.45, 2.75) is 63.5 Å². The Hall–Kier alpha value is -2.76. The van der Waals surface area contributed by atoms with Crippen LogP contribution in [0.3, 0.4) is 0 Å². The average Bonchev–Trinajstić information content (AvgIpc) is 2.92. The van der Waals surface area contributed by atoms with Gasteiger partial charge in [0.2, 0.25) is 0 Å². The third-order valence-corrected chi connectivity index (χ3v) is 7.94. The van der Waals surface area contributed by atoms with Gasteiger partial charge in [0.05, 0.1) is 18.3 Å². The molecule has 0 bridgehead atoms. The summed E-state index contributed by atoms with van der Waals surface area (Å²) in [5.74, 6) is 0.535. The number of ether oxygens (including phenoxy) is 2. The number of hydrogen-bond donors (Lipinski definition) is 1. The van der Waals surface area contributed by atoms with E-state index in [-0.39, 0.29) is 18.1 Å². The SMILES string of the molecule is COC1COCCC1NC1CCN(C(=O)c2ncnc(N3CCc4cc(C(F)(F)F)ccc4C3)c2C)CC1. The molecule has 2 fully saturated rings. The topological polar surface area (TPSA) is 79.8 Å². The molecule has 2 saturated heterocycles. The van der Waals surface area contributed by atoms with Crippen LogP contribution in [0.1, 0.15) is 52.0 Å². The highest BCUT2D eigenvalue weighted by atomic mass is 19.4. The van der Waals surface area contributed by atoms with Gasteiger partial charge in [-0.2, -0.15) is 13.2 Å². The lowest BCUT2D eigenvalue weighted by Crippen LogP contribution is -2.54. The monoisotopic (exact) mass is 533 g/mol. The zero-order chi connectivity index (χ0) is 26.9. The molecule has 1 aromatic heterocycles. The maximum atomic E-state index is 13.4. The summed E-state index contributed by atoms with van der Waals surface area (Å²) in [5, 5.41) is 3.70. The summed E-state index contributed by atoms with van der Waals surface area (Å²) < 4.78 is 50.4. The van der Waals surface area contributed by atoms with Crippen LogP contribution in [0.15, 0.2) is 24.5 Å². The molecule has 4 heterocycles. The molecule has 1 N–H and O–H groups in total.